The van der Waals surface area contributed by atoms with E-state index in [1.165, 1.54) is 0 Å². The van der Waals surface area contributed by atoms with Gasteiger partial charge in [0.1, 0.15) is 97.5 Å². The van der Waals surface area contributed by atoms with Crippen LogP contribution in [0.1, 0.15) is 46.0 Å². The average molecular weight is 1750 g/mol. The minimum Gasteiger partial charge on any atom is -0.726 e. The number of carboxylic acid groups (broad SMARTS) is 2. The van der Waals surface area contributed by atoms with Crippen molar-refractivity contribution in [2.24, 2.45) is 0 Å². The Balaban J connectivity index is 0.0000198. The van der Waals surface area contributed by atoms with Gasteiger partial charge in [-0.15, -0.1) is 0 Å². The smallest absolute Gasteiger partial charge is 0.726 e. The fraction of sp³-hybridized carbons (Fsp3) is 0.863. The van der Waals surface area contributed by atoms with E-state index < -0.39 is 214 Å². The Kier molecular flexibility index (Phi) is 53.8. The molecule has 110 heavy (non-hydrogen) atoms. The van der Waals surface area contributed by atoms with Gasteiger partial charge in [-0.3, -0.25) is 35.9 Å². The Morgan fingerprint density at radius 2 is 0.918 bits per heavy atom. The molecular formula is C51H78N6Na6O42S5. The number of carbonyl (C=O) groups is 7. The molecule has 6 amide bonds. The number of urea groups is 1. The maximum atomic E-state index is 12.9. The number of hydrogen-bond donors (Lipinski definition) is 11. The molecule has 48 nitrogen and oxygen atoms in total. The molecule has 23 atom stereocenters. The first-order valence-electron chi connectivity index (χ1n) is 31.3. The summed E-state index contributed by atoms with van der Waals surface area (Å²) in [5, 5.41) is 97.7. The second-order valence-corrected chi connectivity index (χ2v) is 28.6. The predicted molar refractivity (Wildman–Crippen MR) is 319 cm³/mol. The molecule has 6 aliphatic rings. The van der Waals surface area contributed by atoms with Crippen molar-refractivity contribution in [3.8, 4) is 0 Å². The topological polar surface area (TPSA) is 715 Å². The molecule has 11 N–H and O–H groups in total. The monoisotopic (exact) mass is 1740 g/mol. The molecular weight excluding hydrogens is 1670 g/mol. The summed E-state index contributed by atoms with van der Waals surface area (Å²) in [5.41, 5.74) is 0. The number of rotatable bonds is 44. The summed E-state index contributed by atoms with van der Waals surface area (Å²) < 4.78 is 224. The molecule has 0 spiro atoms. The van der Waals surface area contributed by atoms with Crippen molar-refractivity contribution < 1.29 is 372 Å². The summed E-state index contributed by atoms with van der Waals surface area (Å²) in [6.45, 7) is -1.22. The van der Waals surface area contributed by atoms with Crippen molar-refractivity contribution in [2.45, 2.75) is 186 Å². The molecule has 6 fully saturated rings. The van der Waals surface area contributed by atoms with Crippen LogP contribution in [0.15, 0.2) is 0 Å². The zero-order chi connectivity index (χ0) is 77.0. The van der Waals surface area contributed by atoms with E-state index in [9.17, 15) is 121 Å². The number of nitrogens with one attached hydrogen (secondary N) is 6. The Hall–Kier alpha value is 1.24. The molecule has 0 aliphatic carbocycles. The third-order valence-electron chi connectivity index (χ3n) is 15.6. The Morgan fingerprint density at radius 1 is 0.491 bits per heavy atom. The van der Waals surface area contributed by atoms with Crippen LogP contribution in [0.3, 0.4) is 0 Å². The van der Waals surface area contributed by atoms with Gasteiger partial charge in [-0.25, -0.2) is 38.5 Å². The van der Waals surface area contributed by atoms with Crippen molar-refractivity contribution in [1.29, 1.82) is 0 Å². The first-order valence-corrected chi connectivity index (χ1v) is 37.7. The number of hydrogen-bond acceptors (Lipinski definition) is 43. The SMILES string of the molecule is CC(=O)N[C@H]1[C@H](O[C@H]2[C@H](O)[C@@H](O)[C@H](O[C@@H]3[C@@H](NC(C)=O)[C@H](O[C@H]4[C@H](O)[C@@H](O)[C@H](OCCNC(=O)CCOCCOCCOCCOCCNC(=O)CCCC[C@@H]5SC[C@@H]6NC(=O)N[C@@H]65)O[C@@H]4C(=O)[O-])O[C@H](COS(=O)(=O)[O-])[C@@H]3OS(=O)(=O)[O-])O[C@@H]2C(=O)[O-])O[C@H](COS(=O)(=O)[O-])[C@H](OS(=O)(=O)[O-])[C@@H]1O.[Na+].[Na+].[Na+].[Na+].[Na+].[Na+]. The number of aliphatic hydroxyl groups is 5. The van der Waals surface area contributed by atoms with Crippen LogP contribution in [0, 0.1) is 0 Å². The number of unbranched alkanes of at least 4 members (excludes halogenated alkanes) is 1. The molecule has 0 bridgehead atoms. The molecule has 0 aromatic carbocycles. The predicted octanol–water partition coefficient (Wildman–Crippen LogP) is -31.5. The number of aliphatic hydroxyl groups excluding tert-OH is 5. The van der Waals surface area contributed by atoms with Gasteiger partial charge in [0.15, 0.2) is 25.2 Å². The number of amides is 6. The number of fused-ring (bicyclic) bond motifs is 1. The van der Waals surface area contributed by atoms with Crippen LogP contribution in [0.4, 0.5) is 4.79 Å². The van der Waals surface area contributed by atoms with E-state index in [1.807, 2.05) is 22.4 Å². The van der Waals surface area contributed by atoms with Crippen LogP contribution >= 0.6 is 11.8 Å². The number of ether oxygens (including phenoxy) is 12. The third kappa shape index (κ3) is 37.7. The number of thioether (sulfide) groups is 1. The molecule has 6 rings (SSSR count). The summed E-state index contributed by atoms with van der Waals surface area (Å²) in [5.74, 6) is -7.05. The molecule has 0 aromatic rings. The van der Waals surface area contributed by atoms with E-state index in [2.05, 4.69) is 38.0 Å². The van der Waals surface area contributed by atoms with Crippen LogP contribution in [-0.4, -0.2) is 351 Å². The van der Waals surface area contributed by atoms with Crippen molar-refractivity contribution in [3.63, 3.8) is 0 Å². The van der Waals surface area contributed by atoms with Gasteiger partial charge in [0, 0.05) is 50.8 Å². The van der Waals surface area contributed by atoms with E-state index in [1.54, 1.807) is 0 Å². The molecule has 600 valence electrons. The third-order valence-corrected chi connectivity index (χ3v) is 18.9. The molecule has 6 heterocycles. The first kappa shape index (κ1) is 111. The van der Waals surface area contributed by atoms with Gasteiger partial charge in [-0.2, -0.15) is 11.8 Å². The summed E-state index contributed by atoms with van der Waals surface area (Å²) in [4.78, 5) is 87.0. The minimum atomic E-state index is -6.23. The Morgan fingerprint density at radius 3 is 1.41 bits per heavy atom. The van der Waals surface area contributed by atoms with Crippen LogP contribution in [-0.2, 0) is 144 Å². The summed E-state index contributed by atoms with van der Waals surface area (Å²) >= 11 is 1.82. The van der Waals surface area contributed by atoms with Crippen LogP contribution in [0.2, 0.25) is 0 Å². The van der Waals surface area contributed by atoms with Crippen molar-refractivity contribution in [1.82, 2.24) is 31.9 Å². The average Bonchev–Trinajstić information content (AvgIpc) is 0.843. The zero-order valence-electron chi connectivity index (χ0n) is 60.6. The summed E-state index contributed by atoms with van der Waals surface area (Å²) in [7, 11) is -23.8. The van der Waals surface area contributed by atoms with E-state index in [0.29, 0.717) is 25.1 Å². The zero-order valence-corrected chi connectivity index (χ0v) is 76.7. The largest absolute Gasteiger partial charge is 1.00 e. The van der Waals surface area contributed by atoms with Gasteiger partial charge < -0.3 is 152 Å². The first-order chi connectivity index (χ1) is 48.7. The molecule has 0 aromatic heterocycles. The maximum absolute atomic E-state index is 12.9. The second kappa shape index (κ2) is 53.2. The van der Waals surface area contributed by atoms with Crippen LogP contribution in [0.25, 0.3) is 0 Å². The van der Waals surface area contributed by atoms with Gasteiger partial charge in [0.05, 0.1) is 96.7 Å². The van der Waals surface area contributed by atoms with Gasteiger partial charge in [-0.05, 0) is 12.8 Å². The number of aliphatic carboxylic acids is 2. The molecule has 59 heteroatoms. The number of carbonyl (C=O) groups excluding carboxylic acids is 7. The maximum Gasteiger partial charge on any atom is 1.00 e. The van der Waals surface area contributed by atoms with Crippen molar-refractivity contribution in [2.75, 3.05) is 91.5 Å². The minimum absolute atomic E-state index is 0. The van der Waals surface area contributed by atoms with Gasteiger partial charge in [0.25, 0.3) is 0 Å². The quantitative estimate of drug-likeness (QED) is 0.00887. The van der Waals surface area contributed by atoms with E-state index >= 15 is 0 Å². The van der Waals surface area contributed by atoms with Crippen molar-refractivity contribution >= 4 is 95.0 Å². The van der Waals surface area contributed by atoms with E-state index in [4.69, 9.17) is 56.8 Å². The standard InChI is InChI=1S/C51H84N6O42S5.6Na/c1-22(58)54-31-33(62)38(98-103(78,79)80)25(19-89-101(72,73)74)91-47(31)94-42-35(64)37(66)50(97-44(42)46(69)70)93-40-32(55-23(2)59)48(92-26(20-90-102(75,76)77)39(40)99-104(81,82)83)95-41-34(63)36(65)49(96-43(41)45(67)68)88-12-9-53-29(61)7-10-84-13-15-86-17-18-87-16-14-85-11-8-52-28(60)6-4-3-5-27-30-24(21-100-27)56-51(71)57-30;;;;;;/h24-27,30-44,47-50,62-66H,3-21H2,1-2H3,(H,52,60)(H,53,61)(H,54,58)(H,55,59)(H,67,68)(H,69,70)(H2,56,57,71)(H,72,73,74)(H,75,76,77)(H,78,79,80)(H,81,82,83);;;;;;/q;6*+1/p-6/t24-,25+,26+,27-,30-,31+,32+,33+,34+,35+,36+,37+,38-,39-,40+,41-,42-,43-,44-,47-,48-,49+,50+;;;;;;/m0....../s1. The van der Waals surface area contributed by atoms with Crippen molar-refractivity contribution in [3.05, 3.63) is 0 Å². The fourth-order valence-corrected chi connectivity index (χ4v) is 14.3. The van der Waals surface area contributed by atoms with Crippen LogP contribution in [0.5, 0.6) is 0 Å². The molecule has 0 radical (unpaired) electrons. The second-order valence-electron chi connectivity index (χ2n) is 23.2. The summed E-state index contributed by atoms with van der Waals surface area (Å²) in [6, 6.07) is -4.63. The Labute approximate surface area is 767 Å². The van der Waals surface area contributed by atoms with E-state index in [-0.39, 0.29) is 267 Å². The molecule has 6 saturated heterocycles. The van der Waals surface area contributed by atoms with E-state index in [0.717, 1.165) is 31.9 Å². The van der Waals surface area contributed by atoms with Crippen LogP contribution < -0.4 is 219 Å². The normalized spacial score (nSPS) is 31.4. The molecule has 0 saturated carbocycles. The fourth-order valence-electron chi connectivity index (χ4n) is 11.1. The molecule has 0 unspecified atom stereocenters. The Bertz CT molecular complexity index is 3350. The van der Waals surface area contributed by atoms with Gasteiger partial charge in [0.2, 0.25) is 65.2 Å². The number of carboxylic acids is 2. The molecule has 6 aliphatic heterocycles. The van der Waals surface area contributed by atoms with Gasteiger partial charge in [-0.1, -0.05) is 6.42 Å². The summed E-state index contributed by atoms with van der Waals surface area (Å²) in [6.07, 6.45) is -45.1. The van der Waals surface area contributed by atoms with Gasteiger partial charge >= 0.3 is 183 Å².